The lowest BCUT2D eigenvalue weighted by Gasteiger charge is -2.32. The van der Waals surface area contributed by atoms with Crippen LogP contribution in [0.25, 0.3) is 10.8 Å². The molecule has 32 heavy (non-hydrogen) atoms. The van der Waals surface area contributed by atoms with E-state index >= 15 is 0 Å². The molecule has 0 radical (unpaired) electrons. The molecule has 0 saturated heterocycles. The van der Waals surface area contributed by atoms with Crippen molar-refractivity contribution in [2.45, 2.75) is 19.8 Å². The molecule has 1 heterocycles. The first kappa shape index (κ1) is 20.1. The summed E-state index contributed by atoms with van der Waals surface area (Å²) in [5.74, 6) is 0.397. The highest BCUT2D eigenvalue weighted by Gasteiger charge is 2.33. The van der Waals surface area contributed by atoms with Crippen LogP contribution in [0.2, 0.25) is 0 Å². The number of carboxylic acids is 1. The lowest BCUT2D eigenvalue weighted by Crippen LogP contribution is -2.22. The second-order valence-corrected chi connectivity index (χ2v) is 8.02. The summed E-state index contributed by atoms with van der Waals surface area (Å²) in [4.78, 5) is 14.4. The maximum atomic E-state index is 12.1. The molecule has 0 saturated carbocycles. The van der Waals surface area contributed by atoms with E-state index in [1.165, 1.54) is 0 Å². The van der Waals surface area contributed by atoms with Crippen LogP contribution in [0.15, 0.2) is 78.9 Å². The third-order valence-electron chi connectivity index (χ3n) is 6.38. The van der Waals surface area contributed by atoms with Gasteiger partial charge in [0.2, 0.25) is 0 Å². The predicted molar refractivity (Wildman–Crippen MR) is 128 cm³/mol. The van der Waals surface area contributed by atoms with Crippen molar-refractivity contribution >= 4 is 22.4 Å². The Balaban J connectivity index is 1.80. The molecular formula is C28H25NO3. The van der Waals surface area contributed by atoms with Crippen molar-refractivity contribution in [3.63, 3.8) is 0 Å². The third kappa shape index (κ3) is 3.19. The first-order valence-electron chi connectivity index (χ1n) is 11.0. The molecule has 0 fully saturated rings. The van der Waals surface area contributed by atoms with Crippen LogP contribution < -0.4 is 9.64 Å². The van der Waals surface area contributed by atoms with Gasteiger partial charge in [0.1, 0.15) is 11.5 Å². The summed E-state index contributed by atoms with van der Waals surface area (Å²) >= 11 is 0. The average molecular weight is 424 g/mol. The van der Waals surface area contributed by atoms with Crippen molar-refractivity contribution in [2.24, 2.45) is 0 Å². The monoisotopic (exact) mass is 423 g/mol. The smallest absolute Gasteiger partial charge is 0.335 e. The molecule has 1 N–H and O–H groups in total. The van der Waals surface area contributed by atoms with E-state index in [1.54, 1.807) is 12.1 Å². The molecule has 1 unspecified atom stereocenters. The summed E-state index contributed by atoms with van der Waals surface area (Å²) in [6.07, 6.45) is 0. The highest BCUT2D eigenvalue weighted by atomic mass is 16.5. The molecule has 4 aromatic rings. The van der Waals surface area contributed by atoms with E-state index in [1.807, 2.05) is 30.3 Å². The van der Waals surface area contributed by atoms with Crippen molar-refractivity contribution in [3.05, 3.63) is 101 Å². The third-order valence-corrected chi connectivity index (χ3v) is 6.38. The Morgan fingerprint density at radius 1 is 0.875 bits per heavy atom. The standard InChI is InChI=1S/C28H25NO3/c1-3-29(4-2)19-14-15-23-25(17-19)32-24-16-13-18-9-5-6-10-20(18)27(24)26(23)21-11-7-8-12-22(21)28(30)31/h5-17,26H,3-4H2,1-2H3,(H,30,31). The summed E-state index contributed by atoms with van der Waals surface area (Å²) in [5, 5.41) is 12.1. The van der Waals surface area contributed by atoms with Crippen LogP contribution in [0, 0.1) is 0 Å². The quantitative estimate of drug-likeness (QED) is 0.343. The number of fused-ring (bicyclic) bond motifs is 4. The average Bonchev–Trinajstić information content (AvgIpc) is 2.83. The van der Waals surface area contributed by atoms with E-state index in [2.05, 4.69) is 55.1 Å². The number of benzene rings is 4. The zero-order valence-electron chi connectivity index (χ0n) is 18.2. The van der Waals surface area contributed by atoms with Gasteiger partial charge in [-0.05, 0) is 48.4 Å². The summed E-state index contributed by atoms with van der Waals surface area (Å²) in [6, 6.07) is 25.8. The summed E-state index contributed by atoms with van der Waals surface area (Å²) in [7, 11) is 0. The van der Waals surface area contributed by atoms with E-state index in [9.17, 15) is 9.90 Å². The van der Waals surface area contributed by atoms with Gasteiger partial charge >= 0.3 is 5.97 Å². The molecule has 1 atom stereocenters. The molecule has 160 valence electrons. The second-order valence-electron chi connectivity index (χ2n) is 8.02. The second kappa shape index (κ2) is 8.04. The minimum absolute atomic E-state index is 0.238. The Hall–Kier alpha value is -3.79. The number of rotatable bonds is 5. The summed E-state index contributed by atoms with van der Waals surface area (Å²) in [6.45, 7) is 6.08. The molecule has 5 rings (SSSR count). The van der Waals surface area contributed by atoms with Gasteiger partial charge < -0.3 is 14.7 Å². The van der Waals surface area contributed by atoms with Crippen LogP contribution in [0.4, 0.5) is 5.69 Å². The van der Waals surface area contributed by atoms with Crippen LogP contribution in [-0.2, 0) is 0 Å². The molecule has 1 aliphatic rings. The molecule has 0 aromatic heterocycles. The molecule has 4 aromatic carbocycles. The Morgan fingerprint density at radius 3 is 2.41 bits per heavy atom. The molecule has 0 amide bonds. The van der Waals surface area contributed by atoms with Crippen molar-refractivity contribution in [1.82, 2.24) is 0 Å². The Bertz CT molecular complexity index is 1320. The van der Waals surface area contributed by atoms with Crippen LogP contribution in [0.3, 0.4) is 0 Å². The van der Waals surface area contributed by atoms with Gasteiger partial charge in [0, 0.05) is 41.9 Å². The topological polar surface area (TPSA) is 49.8 Å². The van der Waals surface area contributed by atoms with Crippen LogP contribution in [0.1, 0.15) is 46.8 Å². The van der Waals surface area contributed by atoms with Gasteiger partial charge in [-0.3, -0.25) is 0 Å². The van der Waals surface area contributed by atoms with E-state index in [4.69, 9.17) is 4.74 Å². The largest absolute Gasteiger partial charge is 0.478 e. The van der Waals surface area contributed by atoms with Gasteiger partial charge in [-0.25, -0.2) is 4.79 Å². The first-order valence-corrected chi connectivity index (χ1v) is 11.0. The lowest BCUT2D eigenvalue weighted by molar-refractivity contribution is 0.0695. The Labute approximate surface area is 187 Å². The molecule has 4 heteroatoms. The van der Waals surface area contributed by atoms with E-state index in [0.717, 1.165) is 57.7 Å². The first-order chi connectivity index (χ1) is 15.6. The van der Waals surface area contributed by atoms with E-state index in [-0.39, 0.29) is 5.92 Å². The molecular weight excluding hydrogens is 398 g/mol. The van der Waals surface area contributed by atoms with Crippen molar-refractivity contribution in [2.75, 3.05) is 18.0 Å². The zero-order valence-corrected chi connectivity index (χ0v) is 18.2. The normalized spacial score (nSPS) is 14.4. The number of ether oxygens (including phenoxy) is 1. The van der Waals surface area contributed by atoms with Gasteiger partial charge in [0.15, 0.2) is 0 Å². The van der Waals surface area contributed by atoms with E-state index < -0.39 is 5.97 Å². The number of carboxylic acid groups (broad SMARTS) is 1. The molecule has 0 aliphatic carbocycles. The number of hydrogen-bond acceptors (Lipinski definition) is 3. The van der Waals surface area contributed by atoms with Gasteiger partial charge in [0.05, 0.1) is 5.56 Å². The maximum Gasteiger partial charge on any atom is 0.335 e. The number of anilines is 1. The predicted octanol–water partition coefficient (Wildman–Crippen LogP) is 6.67. The van der Waals surface area contributed by atoms with Crippen LogP contribution in [0.5, 0.6) is 11.5 Å². The lowest BCUT2D eigenvalue weighted by atomic mass is 9.78. The number of aromatic carboxylic acids is 1. The molecule has 0 spiro atoms. The minimum Gasteiger partial charge on any atom is -0.478 e. The minimum atomic E-state index is -0.921. The van der Waals surface area contributed by atoms with Crippen molar-refractivity contribution in [3.8, 4) is 11.5 Å². The van der Waals surface area contributed by atoms with Crippen LogP contribution in [-0.4, -0.2) is 24.2 Å². The SMILES string of the molecule is CCN(CC)c1ccc2c(c1)Oc1ccc3ccccc3c1C2c1ccccc1C(=O)O. The maximum absolute atomic E-state index is 12.1. The van der Waals surface area contributed by atoms with Gasteiger partial charge in [0.25, 0.3) is 0 Å². The summed E-state index contributed by atoms with van der Waals surface area (Å²) < 4.78 is 6.44. The number of nitrogens with zero attached hydrogens (tertiary/aromatic N) is 1. The fourth-order valence-electron chi connectivity index (χ4n) is 4.84. The number of carbonyl (C=O) groups is 1. The fraction of sp³-hybridized carbons (Fsp3) is 0.179. The van der Waals surface area contributed by atoms with Gasteiger partial charge in [-0.2, -0.15) is 0 Å². The molecule has 0 bridgehead atoms. The van der Waals surface area contributed by atoms with Crippen molar-refractivity contribution < 1.29 is 14.6 Å². The highest BCUT2D eigenvalue weighted by molar-refractivity contribution is 5.93. The number of hydrogen-bond donors (Lipinski definition) is 1. The van der Waals surface area contributed by atoms with Gasteiger partial charge in [-0.15, -0.1) is 0 Å². The Morgan fingerprint density at radius 2 is 1.62 bits per heavy atom. The molecule has 4 nitrogen and oxygen atoms in total. The summed E-state index contributed by atoms with van der Waals surface area (Å²) in [5.41, 5.74) is 4.19. The van der Waals surface area contributed by atoms with E-state index in [0.29, 0.717) is 5.56 Å². The zero-order chi connectivity index (χ0) is 22.2. The Kier molecular flexibility index (Phi) is 5.06. The van der Waals surface area contributed by atoms with Gasteiger partial charge in [-0.1, -0.05) is 54.6 Å². The molecule has 1 aliphatic heterocycles. The highest BCUT2D eigenvalue weighted by Crippen LogP contribution is 2.51. The van der Waals surface area contributed by atoms with Crippen molar-refractivity contribution in [1.29, 1.82) is 0 Å². The fourth-order valence-corrected chi connectivity index (χ4v) is 4.84. The van der Waals surface area contributed by atoms with Crippen LogP contribution >= 0.6 is 0 Å².